The Morgan fingerprint density at radius 2 is 2.16 bits per heavy atom. The highest BCUT2D eigenvalue weighted by molar-refractivity contribution is 5.87. The molecule has 0 radical (unpaired) electrons. The van der Waals surface area contributed by atoms with Crippen molar-refractivity contribution in [3.63, 3.8) is 0 Å². The van der Waals surface area contributed by atoms with Crippen molar-refractivity contribution in [2.24, 2.45) is 0 Å². The highest BCUT2D eigenvalue weighted by Gasteiger charge is 2.20. The van der Waals surface area contributed by atoms with Gasteiger partial charge in [-0.3, -0.25) is 0 Å². The van der Waals surface area contributed by atoms with Crippen LogP contribution in [0.3, 0.4) is 0 Å². The minimum Gasteiger partial charge on any atom is -0.490 e. The van der Waals surface area contributed by atoms with Crippen LogP contribution in [-0.4, -0.2) is 41.7 Å². The van der Waals surface area contributed by atoms with Crippen molar-refractivity contribution in [1.29, 1.82) is 0 Å². The van der Waals surface area contributed by atoms with E-state index in [9.17, 15) is 4.79 Å². The molecular formula is C15H21NO3. The predicted octanol–water partition coefficient (Wildman–Crippen LogP) is 2.64. The first-order valence-corrected chi connectivity index (χ1v) is 6.91. The third-order valence-electron chi connectivity index (χ3n) is 3.46. The number of carbonyl (C=O) groups is 1. The van der Waals surface area contributed by atoms with Gasteiger partial charge in [0.25, 0.3) is 0 Å². The van der Waals surface area contributed by atoms with Gasteiger partial charge in [-0.1, -0.05) is 13.0 Å². The van der Waals surface area contributed by atoms with Crippen molar-refractivity contribution < 1.29 is 14.6 Å². The SMILES string of the molecule is CCCN1CCC(Oc2cccc(C(=O)O)c2)CC1. The summed E-state index contributed by atoms with van der Waals surface area (Å²) in [6, 6.07) is 6.73. The molecule has 0 unspecified atom stereocenters. The van der Waals surface area contributed by atoms with E-state index in [2.05, 4.69) is 11.8 Å². The summed E-state index contributed by atoms with van der Waals surface area (Å²) >= 11 is 0. The number of likely N-dealkylation sites (tertiary alicyclic amines) is 1. The molecule has 0 saturated carbocycles. The lowest BCUT2D eigenvalue weighted by Crippen LogP contribution is -2.38. The summed E-state index contributed by atoms with van der Waals surface area (Å²) < 4.78 is 5.88. The lowest BCUT2D eigenvalue weighted by Gasteiger charge is -2.31. The zero-order chi connectivity index (χ0) is 13.7. The topological polar surface area (TPSA) is 49.8 Å². The second-order valence-electron chi connectivity index (χ2n) is 4.99. The molecule has 1 N–H and O–H groups in total. The second kappa shape index (κ2) is 6.57. The van der Waals surface area contributed by atoms with Crippen LogP contribution in [0.5, 0.6) is 5.75 Å². The van der Waals surface area contributed by atoms with E-state index in [-0.39, 0.29) is 11.7 Å². The van der Waals surface area contributed by atoms with E-state index in [1.807, 2.05) is 6.07 Å². The monoisotopic (exact) mass is 263 g/mol. The Bertz CT molecular complexity index is 425. The van der Waals surface area contributed by atoms with Gasteiger partial charge in [0.1, 0.15) is 11.9 Å². The number of hydrogen-bond donors (Lipinski definition) is 1. The molecule has 0 bridgehead atoms. The standard InChI is InChI=1S/C15H21NO3/c1-2-8-16-9-6-13(7-10-16)19-14-5-3-4-12(11-14)15(17)18/h3-5,11,13H,2,6-10H2,1H3,(H,17,18). The van der Waals surface area contributed by atoms with Gasteiger partial charge in [-0.25, -0.2) is 4.79 Å². The zero-order valence-corrected chi connectivity index (χ0v) is 11.3. The maximum absolute atomic E-state index is 10.9. The Balaban J connectivity index is 1.88. The summed E-state index contributed by atoms with van der Waals surface area (Å²) in [4.78, 5) is 13.3. The Morgan fingerprint density at radius 3 is 2.79 bits per heavy atom. The molecule has 1 fully saturated rings. The molecule has 0 amide bonds. The normalized spacial score (nSPS) is 17.3. The number of piperidine rings is 1. The van der Waals surface area contributed by atoms with E-state index in [0.717, 1.165) is 32.5 Å². The van der Waals surface area contributed by atoms with Gasteiger partial charge in [-0.05, 0) is 44.0 Å². The molecule has 1 saturated heterocycles. The summed E-state index contributed by atoms with van der Waals surface area (Å²) in [5.74, 6) is -0.253. The van der Waals surface area contributed by atoms with Crippen LogP contribution in [0.2, 0.25) is 0 Å². The molecule has 104 valence electrons. The fourth-order valence-corrected chi connectivity index (χ4v) is 2.46. The first kappa shape index (κ1) is 13.9. The van der Waals surface area contributed by atoms with Crippen LogP contribution in [0.25, 0.3) is 0 Å². The van der Waals surface area contributed by atoms with Gasteiger partial charge in [-0.15, -0.1) is 0 Å². The Hall–Kier alpha value is -1.55. The van der Waals surface area contributed by atoms with Crippen molar-refractivity contribution >= 4 is 5.97 Å². The lowest BCUT2D eigenvalue weighted by molar-refractivity contribution is 0.0694. The van der Waals surface area contributed by atoms with E-state index in [1.54, 1.807) is 18.2 Å². The highest BCUT2D eigenvalue weighted by Crippen LogP contribution is 2.20. The summed E-state index contributed by atoms with van der Waals surface area (Å²) in [5.41, 5.74) is 0.279. The van der Waals surface area contributed by atoms with Crippen LogP contribution in [0, 0.1) is 0 Å². The molecule has 1 aromatic rings. The second-order valence-corrected chi connectivity index (χ2v) is 4.99. The van der Waals surface area contributed by atoms with Gasteiger partial charge in [-0.2, -0.15) is 0 Å². The third kappa shape index (κ3) is 3.96. The molecule has 0 aliphatic carbocycles. The third-order valence-corrected chi connectivity index (χ3v) is 3.46. The Kier molecular flexibility index (Phi) is 4.80. The van der Waals surface area contributed by atoms with Crippen LogP contribution in [0.15, 0.2) is 24.3 Å². The smallest absolute Gasteiger partial charge is 0.335 e. The molecule has 4 nitrogen and oxygen atoms in total. The number of aromatic carboxylic acids is 1. The maximum Gasteiger partial charge on any atom is 0.335 e. The van der Waals surface area contributed by atoms with Gasteiger partial charge in [0.2, 0.25) is 0 Å². The number of hydrogen-bond acceptors (Lipinski definition) is 3. The van der Waals surface area contributed by atoms with Gasteiger partial charge in [0.05, 0.1) is 5.56 Å². The number of nitrogens with zero attached hydrogens (tertiary/aromatic N) is 1. The molecule has 1 aromatic carbocycles. The quantitative estimate of drug-likeness (QED) is 0.887. The Labute approximate surface area is 114 Å². The fourth-order valence-electron chi connectivity index (χ4n) is 2.46. The van der Waals surface area contributed by atoms with Crippen LogP contribution in [0.1, 0.15) is 36.5 Å². The Morgan fingerprint density at radius 1 is 1.42 bits per heavy atom. The molecule has 2 rings (SSSR count). The van der Waals surface area contributed by atoms with Crippen molar-refractivity contribution in [2.45, 2.75) is 32.3 Å². The molecule has 19 heavy (non-hydrogen) atoms. The number of rotatable bonds is 5. The molecule has 4 heteroatoms. The van der Waals surface area contributed by atoms with E-state index in [1.165, 1.54) is 6.42 Å². The number of benzene rings is 1. The van der Waals surface area contributed by atoms with E-state index in [4.69, 9.17) is 9.84 Å². The van der Waals surface area contributed by atoms with Crippen LogP contribution < -0.4 is 4.74 Å². The first-order valence-electron chi connectivity index (χ1n) is 6.91. The number of carboxylic acids is 1. The molecule has 0 aromatic heterocycles. The van der Waals surface area contributed by atoms with Gasteiger partial charge >= 0.3 is 5.97 Å². The molecular weight excluding hydrogens is 242 g/mol. The van der Waals surface area contributed by atoms with E-state index >= 15 is 0 Å². The summed E-state index contributed by atoms with van der Waals surface area (Å²) in [5, 5.41) is 8.95. The minimum atomic E-state index is -0.914. The van der Waals surface area contributed by atoms with Gasteiger partial charge in [0.15, 0.2) is 0 Å². The van der Waals surface area contributed by atoms with E-state index in [0.29, 0.717) is 5.75 Å². The van der Waals surface area contributed by atoms with Crippen LogP contribution in [0.4, 0.5) is 0 Å². The largest absolute Gasteiger partial charge is 0.490 e. The molecule has 0 spiro atoms. The summed E-state index contributed by atoms with van der Waals surface area (Å²) in [6.45, 7) is 5.48. The molecule has 0 atom stereocenters. The predicted molar refractivity (Wildman–Crippen MR) is 73.8 cm³/mol. The van der Waals surface area contributed by atoms with Crippen LogP contribution in [-0.2, 0) is 0 Å². The van der Waals surface area contributed by atoms with Crippen LogP contribution >= 0.6 is 0 Å². The minimum absolute atomic E-state index is 0.206. The first-order chi connectivity index (χ1) is 9.19. The fraction of sp³-hybridized carbons (Fsp3) is 0.533. The highest BCUT2D eigenvalue weighted by atomic mass is 16.5. The molecule has 1 aliphatic rings. The van der Waals surface area contributed by atoms with Crippen molar-refractivity contribution in [3.05, 3.63) is 29.8 Å². The average molecular weight is 263 g/mol. The lowest BCUT2D eigenvalue weighted by atomic mass is 10.1. The molecule has 1 aliphatic heterocycles. The van der Waals surface area contributed by atoms with Gasteiger partial charge < -0.3 is 14.7 Å². The van der Waals surface area contributed by atoms with E-state index < -0.39 is 5.97 Å². The average Bonchev–Trinajstić information content (AvgIpc) is 2.42. The number of ether oxygens (including phenoxy) is 1. The zero-order valence-electron chi connectivity index (χ0n) is 11.3. The summed E-state index contributed by atoms with van der Waals surface area (Å²) in [6.07, 6.45) is 3.41. The maximum atomic E-state index is 10.9. The van der Waals surface area contributed by atoms with Crippen molar-refractivity contribution in [3.8, 4) is 5.75 Å². The summed E-state index contributed by atoms with van der Waals surface area (Å²) in [7, 11) is 0. The van der Waals surface area contributed by atoms with Gasteiger partial charge in [0, 0.05) is 13.1 Å². The number of carboxylic acid groups (broad SMARTS) is 1. The van der Waals surface area contributed by atoms with Crippen molar-refractivity contribution in [1.82, 2.24) is 4.90 Å². The molecule has 1 heterocycles. The van der Waals surface area contributed by atoms with Crippen molar-refractivity contribution in [2.75, 3.05) is 19.6 Å².